The highest BCUT2D eigenvalue weighted by Gasteiger charge is 2.41. The highest BCUT2D eigenvalue weighted by molar-refractivity contribution is 7.53. The summed E-state index contributed by atoms with van der Waals surface area (Å²) in [5, 5.41) is 0. The van der Waals surface area contributed by atoms with Crippen molar-refractivity contribution in [3.8, 4) is 0 Å². The van der Waals surface area contributed by atoms with Crippen LogP contribution < -0.4 is 0 Å². The molecule has 5 heteroatoms. The number of unbranched alkanes of at least 4 members (excludes halogenated alkanes) is 15. The molecule has 0 aliphatic rings. The smallest absolute Gasteiger partial charge is 0.320 e. The fourth-order valence-corrected chi connectivity index (χ4v) is 6.29. The van der Waals surface area contributed by atoms with Crippen molar-refractivity contribution in [2.45, 2.75) is 135 Å². The van der Waals surface area contributed by atoms with Gasteiger partial charge in [0.2, 0.25) is 0 Å². The van der Waals surface area contributed by atoms with Crippen molar-refractivity contribution in [1.29, 1.82) is 0 Å². The van der Waals surface area contributed by atoms with Gasteiger partial charge in [0.1, 0.15) is 0 Å². The molecule has 0 bridgehead atoms. The van der Waals surface area contributed by atoms with Gasteiger partial charge in [-0.25, -0.2) is 0 Å². The molecule has 32 heavy (non-hydrogen) atoms. The van der Waals surface area contributed by atoms with Gasteiger partial charge in [-0.05, 0) is 25.7 Å². The Labute approximate surface area is 201 Å². The summed E-state index contributed by atoms with van der Waals surface area (Å²) in [4.78, 5) is 10.3. The molecule has 0 fully saturated rings. The second kappa shape index (κ2) is 20.2. The van der Waals surface area contributed by atoms with Crippen LogP contribution in [0, 0.1) is 0 Å². The predicted molar refractivity (Wildman–Crippen MR) is 141 cm³/mol. The van der Waals surface area contributed by atoms with Crippen LogP contribution in [0.2, 0.25) is 0 Å². The minimum absolute atomic E-state index is 0.355. The number of hydrogen-bond acceptors (Lipinski definition) is 2. The molecule has 0 aromatic rings. The molecule has 2 unspecified atom stereocenters. The van der Waals surface area contributed by atoms with Crippen molar-refractivity contribution in [3.05, 3.63) is 12.2 Å². The third-order valence-electron chi connectivity index (χ3n) is 6.32. The molecule has 4 nitrogen and oxygen atoms in total. The van der Waals surface area contributed by atoms with Gasteiger partial charge in [-0.1, -0.05) is 109 Å². The predicted octanol–water partition coefficient (Wildman–Crippen LogP) is 8.84. The monoisotopic (exact) mass is 474 g/mol. The van der Waals surface area contributed by atoms with E-state index in [1.165, 1.54) is 89.9 Å². The first-order valence-corrected chi connectivity index (χ1v) is 15.3. The third-order valence-corrected chi connectivity index (χ3v) is 8.68. The summed E-state index contributed by atoms with van der Waals surface area (Å²) in [5.41, 5.74) is 0. The van der Waals surface area contributed by atoms with E-state index in [1.54, 1.807) is 0 Å². The molecular formula is C27H57NO3P+. The SMILES string of the molecule is CCCCCCCCCCCCCCCCC=CCCCOP(=O)(O)C(CC)[N+](C)(C)C. The Hall–Kier alpha value is -0.150. The highest BCUT2D eigenvalue weighted by atomic mass is 31.2. The minimum atomic E-state index is -3.57. The highest BCUT2D eigenvalue weighted by Crippen LogP contribution is 2.51. The van der Waals surface area contributed by atoms with Crippen molar-refractivity contribution < 1.29 is 18.5 Å². The summed E-state index contributed by atoms with van der Waals surface area (Å²) in [7, 11) is 2.26. The van der Waals surface area contributed by atoms with Gasteiger partial charge < -0.3 is 13.9 Å². The number of nitrogens with zero attached hydrogens (tertiary/aromatic N) is 1. The second-order valence-electron chi connectivity index (χ2n) is 10.4. The van der Waals surface area contributed by atoms with Gasteiger partial charge in [0, 0.05) is 6.42 Å². The summed E-state index contributed by atoms with van der Waals surface area (Å²) in [5.74, 6) is -0.363. The fourth-order valence-electron chi connectivity index (χ4n) is 4.39. The molecule has 1 N–H and O–H groups in total. The van der Waals surface area contributed by atoms with Gasteiger partial charge in [-0.2, -0.15) is 0 Å². The summed E-state index contributed by atoms with van der Waals surface area (Å²) in [6, 6.07) is 0. The lowest BCUT2D eigenvalue weighted by molar-refractivity contribution is -0.883. The first-order chi connectivity index (χ1) is 15.3. The van der Waals surface area contributed by atoms with Crippen LogP contribution in [0.1, 0.15) is 129 Å². The van der Waals surface area contributed by atoms with E-state index in [0.29, 0.717) is 17.5 Å². The van der Waals surface area contributed by atoms with E-state index in [4.69, 9.17) is 4.52 Å². The van der Waals surface area contributed by atoms with Crippen LogP contribution in [0.3, 0.4) is 0 Å². The number of quaternary nitrogens is 1. The Morgan fingerprint density at radius 2 is 1.12 bits per heavy atom. The largest absolute Gasteiger partial charge is 0.385 e. The Kier molecular flexibility index (Phi) is 20.1. The molecule has 0 amide bonds. The van der Waals surface area contributed by atoms with Gasteiger partial charge in [0.15, 0.2) is 5.78 Å². The van der Waals surface area contributed by atoms with E-state index < -0.39 is 7.60 Å². The summed E-state index contributed by atoms with van der Waals surface area (Å²) in [6.45, 7) is 4.58. The molecule has 192 valence electrons. The Bertz CT molecular complexity index is 488. The number of allylic oxidation sites excluding steroid dienone is 2. The molecule has 0 aromatic heterocycles. The third kappa shape index (κ3) is 18.3. The topological polar surface area (TPSA) is 46.5 Å². The molecule has 0 aliphatic carbocycles. The molecule has 0 saturated carbocycles. The zero-order valence-corrected chi connectivity index (χ0v) is 23.2. The zero-order valence-electron chi connectivity index (χ0n) is 22.3. The average molecular weight is 475 g/mol. The Balaban J connectivity index is 3.47. The molecular weight excluding hydrogens is 417 g/mol. The molecule has 0 spiro atoms. The summed E-state index contributed by atoms with van der Waals surface area (Å²) in [6.07, 6.45) is 27.6. The van der Waals surface area contributed by atoms with Crippen LogP contribution >= 0.6 is 7.60 Å². The van der Waals surface area contributed by atoms with Crippen LogP contribution in [0.4, 0.5) is 0 Å². The molecule has 0 radical (unpaired) electrons. The maximum Gasteiger partial charge on any atom is 0.385 e. The summed E-state index contributed by atoms with van der Waals surface area (Å²) >= 11 is 0. The lowest BCUT2D eigenvalue weighted by Gasteiger charge is -2.35. The van der Waals surface area contributed by atoms with E-state index in [2.05, 4.69) is 19.1 Å². The number of rotatable bonds is 23. The lowest BCUT2D eigenvalue weighted by atomic mass is 10.0. The van der Waals surface area contributed by atoms with E-state index in [0.717, 1.165) is 19.3 Å². The van der Waals surface area contributed by atoms with Gasteiger partial charge in [-0.3, -0.25) is 4.57 Å². The van der Waals surface area contributed by atoms with Crippen LogP contribution in [-0.2, 0) is 9.09 Å². The Morgan fingerprint density at radius 3 is 1.53 bits per heavy atom. The van der Waals surface area contributed by atoms with Crippen molar-refractivity contribution in [2.24, 2.45) is 0 Å². The van der Waals surface area contributed by atoms with E-state index in [-0.39, 0.29) is 5.78 Å². The second-order valence-corrected chi connectivity index (χ2v) is 12.4. The van der Waals surface area contributed by atoms with Crippen LogP contribution in [-0.4, -0.2) is 42.9 Å². The van der Waals surface area contributed by atoms with E-state index in [9.17, 15) is 9.46 Å². The molecule has 0 rings (SSSR count). The fraction of sp³-hybridized carbons (Fsp3) is 0.926. The van der Waals surface area contributed by atoms with Gasteiger partial charge in [0.05, 0.1) is 27.7 Å². The maximum atomic E-state index is 12.5. The van der Waals surface area contributed by atoms with Gasteiger partial charge in [0.25, 0.3) is 0 Å². The molecule has 0 saturated heterocycles. The van der Waals surface area contributed by atoms with Crippen molar-refractivity contribution in [1.82, 2.24) is 0 Å². The standard InChI is InChI=1S/C27H56NO3P/c1-6-8-9-10-11-12-13-14-15-16-17-18-19-20-21-22-23-24-25-26-31-32(29,30)27(7-2)28(3,4)5/h22-23,27H,6-21,24-26H2,1-5H3/p+1. The number of hydrogen-bond donors (Lipinski definition) is 1. The molecule has 0 aliphatic heterocycles. The molecule has 2 atom stereocenters. The quantitative estimate of drug-likeness (QED) is 0.0696. The first kappa shape index (κ1) is 31.9. The molecule has 0 aromatic carbocycles. The lowest BCUT2D eigenvalue weighted by Crippen LogP contribution is -2.44. The van der Waals surface area contributed by atoms with Crippen LogP contribution in [0.5, 0.6) is 0 Å². The van der Waals surface area contributed by atoms with Crippen LogP contribution in [0.25, 0.3) is 0 Å². The first-order valence-electron chi connectivity index (χ1n) is 13.7. The summed E-state index contributed by atoms with van der Waals surface area (Å²) < 4.78 is 18.3. The molecule has 0 heterocycles. The van der Waals surface area contributed by atoms with Crippen molar-refractivity contribution >= 4 is 7.60 Å². The maximum absolute atomic E-state index is 12.5. The minimum Gasteiger partial charge on any atom is -0.320 e. The average Bonchev–Trinajstić information content (AvgIpc) is 2.71. The van der Waals surface area contributed by atoms with Crippen LogP contribution in [0.15, 0.2) is 12.2 Å². The normalized spacial score (nSPS) is 15.3. The van der Waals surface area contributed by atoms with E-state index >= 15 is 0 Å². The van der Waals surface area contributed by atoms with Crippen molar-refractivity contribution in [2.75, 3.05) is 27.7 Å². The van der Waals surface area contributed by atoms with E-state index in [1.807, 2.05) is 28.1 Å². The van der Waals surface area contributed by atoms with Crippen molar-refractivity contribution in [3.63, 3.8) is 0 Å². The zero-order chi connectivity index (χ0) is 24.1. The Morgan fingerprint density at radius 1 is 0.719 bits per heavy atom. The van der Waals surface area contributed by atoms with Gasteiger partial charge >= 0.3 is 7.60 Å². The van der Waals surface area contributed by atoms with Gasteiger partial charge in [-0.15, -0.1) is 0 Å².